The van der Waals surface area contributed by atoms with E-state index in [4.69, 9.17) is 11.0 Å². The van der Waals surface area contributed by atoms with E-state index >= 15 is 0 Å². The molecule has 0 spiro atoms. The van der Waals surface area contributed by atoms with Crippen molar-refractivity contribution in [2.24, 2.45) is 17.6 Å². The molecule has 3 heteroatoms. The van der Waals surface area contributed by atoms with Gasteiger partial charge in [-0.1, -0.05) is 0 Å². The van der Waals surface area contributed by atoms with Crippen molar-refractivity contribution in [2.45, 2.75) is 12.8 Å². The summed E-state index contributed by atoms with van der Waals surface area (Å²) in [7, 11) is 0. The van der Waals surface area contributed by atoms with Crippen LogP contribution in [0.1, 0.15) is 12.8 Å². The predicted octanol–water partition coefficient (Wildman–Crippen LogP) is 0.226. The largest absolute Gasteiger partial charge is 0.369 e. The molecule has 1 amide bonds. The second-order valence-electron chi connectivity index (χ2n) is 2.63. The quantitative estimate of drug-likeness (QED) is 0.591. The second-order valence-corrected chi connectivity index (χ2v) is 2.63. The topological polar surface area (TPSA) is 66.9 Å². The Morgan fingerprint density at radius 3 is 2.70 bits per heavy atom. The minimum Gasteiger partial charge on any atom is -0.369 e. The van der Waals surface area contributed by atoms with Crippen LogP contribution in [-0.2, 0) is 4.79 Å². The molecule has 1 aliphatic rings. The molecule has 1 fully saturated rings. The fraction of sp³-hybridized carbons (Fsp3) is 0.571. The van der Waals surface area contributed by atoms with Crippen LogP contribution in [0.15, 0.2) is 0 Å². The summed E-state index contributed by atoms with van der Waals surface area (Å²) in [4.78, 5) is 10.3. The lowest BCUT2D eigenvalue weighted by atomic mass is 9.74. The first kappa shape index (κ1) is 7.07. The molecule has 10 heavy (non-hydrogen) atoms. The lowest BCUT2D eigenvalue weighted by molar-refractivity contribution is -0.115. The molecule has 0 heterocycles. The van der Waals surface area contributed by atoms with Gasteiger partial charge in [0.05, 0.1) is 12.5 Å². The Labute approximate surface area is 59.8 Å². The van der Waals surface area contributed by atoms with Crippen molar-refractivity contribution in [1.82, 2.24) is 0 Å². The zero-order valence-corrected chi connectivity index (χ0v) is 5.58. The molecule has 1 saturated carbocycles. The van der Waals surface area contributed by atoms with Crippen LogP contribution >= 0.6 is 0 Å². The summed E-state index contributed by atoms with van der Waals surface area (Å²) in [6, 6.07) is 2.13. The van der Waals surface area contributed by atoms with E-state index in [9.17, 15) is 4.79 Å². The molecule has 1 aliphatic carbocycles. The summed E-state index contributed by atoms with van der Waals surface area (Å²) in [5.41, 5.74) is 4.91. The van der Waals surface area contributed by atoms with Crippen molar-refractivity contribution < 1.29 is 4.79 Å². The average molecular weight is 137 g/mol. The number of carbonyl (C=O) groups excluding carboxylic acids is 1. The highest BCUT2D eigenvalue weighted by Gasteiger charge is 2.29. The molecule has 0 unspecified atom stereocenters. The van der Waals surface area contributed by atoms with Crippen molar-refractivity contribution in [3.8, 4) is 6.07 Å². The van der Waals surface area contributed by atoms with Gasteiger partial charge in [-0.2, -0.15) is 5.26 Å². The van der Waals surface area contributed by atoms with Gasteiger partial charge in [-0.05, 0) is 18.8 Å². The van der Waals surface area contributed by atoms with E-state index in [-0.39, 0.29) is 17.7 Å². The maximum absolute atomic E-state index is 10.3. The lowest BCUT2D eigenvalue weighted by Crippen LogP contribution is -2.28. The van der Waals surface area contributed by atoms with Crippen LogP contribution in [0.4, 0.5) is 0 Å². The van der Waals surface area contributed by atoms with Crippen LogP contribution in [-0.4, -0.2) is 5.91 Å². The number of hydrogen-bond donors (Lipinski definition) is 1. The number of primary amides is 1. The van der Waals surface area contributed by atoms with Gasteiger partial charge < -0.3 is 5.73 Å². The SMILES string of the molecule is N#C[C@H]1C[C@H]([CH]C(N)=O)C1. The number of nitriles is 1. The summed E-state index contributed by atoms with van der Waals surface area (Å²) < 4.78 is 0. The van der Waals surface area contributed by atoms with Crippen LogP contribution in [0, 0.1) is 29.6 Å². The zero-order valence-electron chi connectivity index (χ0n) is 5.58. The highest BCUT2D eigenvalue weighted by atomic mass is 16.1. The number of carbonyl (C=O) groups is 1. The Morgan fingerprint density at radius 1 is 1.70 bits per heavy atom. The second kappa shape index (κ2) is 2.70. The first-order valence-electron chi connectivity index (χ1n) is 3.26. The number of rotatable bonds is 2. The molecule has 0 bridgehead atoms. The molecule has 3 nitrogen and oxygen atoms in total. The molecule has 2 N–H and O–H groups in total. The molecule has 0 saturated heterocycles. The van der Waals surface area contributed by atoms with E-state index in [1.165, 1.54) is 6.42 Å². The molecular weight excluding hydrogens is 128 g/mol. The number of amides is 1. The molecule has 0 atom stereocenters. The third-order valence-electron chi connectivity index (χ3n) is 1.76. The fourth-order valence-electron chi connectivity index (χ4n) is 1.14. The van der Waals surface area contributed by atoms with E-state index in [1.54, 1.807) is 0 Å². The molecule has 1 radical (unpaired) electrons. The standard InChI is InChI=1S/C7H9N2O/c8-4-6-1-5(2-6)3-7(9)10/h3,5-6H,1-2H2,(H2,9,10)/t5-,6-. The average Bonchev–Trinajstić information content (AvgIpc) is 1.76. The maximum Gasteiger partial charge on any atom is 0.221 e. The molecule has 0 aromatic heterocycles. The van der Waals surface area contributed by atoms with Gasteiger partial charge in [0.2, 0.25) is 5.91 Å². The van der Waals surface area contributed by atoms with Crippen molar-refractivity contribution in [2.75, 3.05) is 0 Å². The van der Waals surface area contributed by atoms with Gasteiger partial charge in [-0.15, -0.1) is 0 Å². The lowest BCUT2D eigenvalue weighted by Gasteiger charge is -2.28. The smallest absolute Gasteiger partial charge is 0.221 e. The van der Waals surface area contributed by atoms with E-state index in [0.717, 1.165) is 12.8 Å². The summed E-state index contributed by atoms with van der Waals surface area (Å²) in [5.74, 6) is 0.0455. The number of hydrogen-bond acceptors (Lipinski definition) is 2. The van der Waals surface area contributed by atoms with E-state index in [1.807, 2.05) is 0 Å². The minimum atomic E-state index is -0.374. The molecule has 0 aromatic rings. The van der Waals surface area contributed by atoms with Gasteiger partial charge >= 0.3 is 0 Å². The van der Waals surface area contributed by atoms with Crippen LogP contribution in [0.25, 0.3) is 0 Å². The number of nitrogens with two attached hydrogens (primary N) is 1. The van der Waals surface area contributed by atoms with Gasteiger partial charge in [0, 0.05) is 5.92 Å². The van der Waals surface area contributed by atoms with Crippen LogP contribution in [0.3, 0.4) is 0 Å². The predicted molar refractivity (Wildman–Crippen MR) is 35.3 cm³/mol. The van der Waals surface area contributed by atoms with Crippen molar-refractivity contribution >= 4 is 5.91 Å². The molecule has 0 aliphatic heterocycles. The highest BCUT2D eigenvalue weighted by molar-refractivity contribution is 5.83. The molecule has 1 rings (SSSR count). The van der Waals surface area contributed by atoms with Gasteiger partial charge in [-0.25, -0.2) is 0 Å². The maximum atomic E-state index is 10.3. The van der Waals surface area contributed by atoms with Crippen molar-refractivity contribution in [3.05, 3.63) is 6.42 Å². The molecular formula is C7H9N2O. The van der Waals surface area contributed by atoms with Crippen LogP contribution in [0.5, 0.6) is 0 Å². The van der Waals surface area contributed by atoms with E-state index in [2.05, 4.69) is 6.07 Å². The fourth-order valence-corrected chi connectivity index (χ4v) is 1.14. The summed E-state index contributed by atoms with van der Waals surface area (Å²) in [6.07, 6.45) is 3.10. The minimum absolute atomic E-state index is 0.153. The monoisotopic (exact) mass is 137 g/mol. The van der Waals surface area contributed by atoms with Crippen LogP contribution in [0.2, 0.25) is 0 Å². The number of nitrogens with zero attached hydrogens (tertiary/aromatic N) is 1. The highest BCUT2D eigenvalue weighted by Crippen LogP contribution is 2.34. The third kappa shape index (κ3) is 1.47. The Kier molecular flexibility index (Phi) is 1.91. The normalized spacial score (nSPS) is 30.3. The Morgan fingerprint density at radius 2 is 2.30 bits per heavy atom. The molecule has 53 valence electrons. The van der Waals surface area contributed by atoms with Gasteiger partial charge in [0.1, 0.15) is 0 Å². The van der Waals surface area contributed by atoms with Crippen LogP contribution < -0.4 is 5.73 Å². The Bertz CT molecular complexity index is 177. The Hall–Kier alpha value is -1.04. The van der Waals surface area contributed by atoms with Crippen molar-refractivity contribution in [3.63, 3.8) is 0 Å². The van der Waals surface area contributed by atoms with Gasteiger partial charge in [-0.3, -0.25) is 4.79 Å². The summed E-state index contributed by atoms with van der Waals surface area (Å²) in [5, 5.41) is 8.36. The third-order valence-corrected chi connectivity index (χ3v) is 1.76. The van der Waals surface area contributed by atoms with E-state index < -0.39 is 0 Å². The van der Waals surface area contributed by atoms with Gasteiger partial charge in [0.15, 0.2) is 0 Å². The summed E-state index contributed by atoms with van der Waals surface area (Å²) in [6.45, 7) is 0. The van der Waals surface area contributed by atoms with E-state index in [0.29, 0.717) is 0 Å². The van der Waals surface area contributed by atoms with Gasteiger partial charge in [0.25, 0.3) is 0 Å². The first-order chi connectivity index (χ1) is 4.72. The first-order valence-corrected chi connectivity index (χ1v) is 3.26. The Balaban J connectivity index is 2.16. The van der Waals surface area contributed by atoms with Crippen molar-refractivity contribution in [1.29, 1.82) is 5.26 Å². The zero-order chi connectivity index (χ0) is 7.56. The summed E-state index contributed by atoms with van der Waals surface area (Å²) >= 11 is 0. The molecule has 0 aromatic carbocycles.